The Bertz CT molecular complexity index is 406. The minimum Gasteiger partial charge on any atom is -0.454 e. The molecule has 0 unspecified atom stereocenters. The minimum absolute atomic E-state index is 0.136. The first-order chi connectivity index (χ1) is 8.81. The van der Waals surface area contributed by atoms with Crippen LogP contribution in [0.15, 0.2) is 0 Å². The van der Waals surface area contributed by atoms with Crippen LogP contribution in [0.4, 0.5) is 0 Å². The zero-order valence-corrected chi connectivity index (χ0v) is 11.5. The van der Waals surface area contributed by atoms with Crippen molar-refractivity contribution >= 4 is 34.8 Å². The van der Waals surface area contributed by atoms with Crippen molar-refractivity contribution in [2.75, 3.05) is 5.75 Å². The van der Waals surface area contributed by atoms with Crippen molar-refractivity contribution in [3.63, 3.8) is 0 Å². The molecule has 0 aromatic rings. The van der Waals surface area contributed by atoms with Crippen molar-refractivity contribution in [3.05, 3.63) is 0 Å². The van der Waals surface area contributed by atoms with Crippen LogP contribution in [0.3, 0.4) is 0 Å². The van der Waals surface area contributed by atoms with Crippen LogP contribution in [-0.2, 0) is 33.4 Å². The number of hydrogen-bond acceptors (Lipinski definition) is 8. The van der Waals surface area contributed by atoms with Gasteiger partial charge in [-0.2, -0.15) is 0 Å². The lowest BCUT2D eigenvalue weighted by molar-refractivity contribution is -0.166. The first kappa shape index (κ1) is 15.5. The lowest BCUT2D eigenvalue weighted by Gasteiger charge is -2.19. The largest absolute Gasteiger partial charge is 0.454 e. The fraction of sp³-hybridized carbons (Fsp3) is 0.636. The average molecular weight is 290 g/mol. The molecule has 0 aliphatic carbocycles. The maximum absolute atomic E-state index is 11.6. The maximum Gasteiger partial charge on any atom is 0.352 e. The van der Waals surface area contributed by atoms with Gasteiger partial charge in [0.25, 0.3) is 0 Å². The molecule has 106 valence electrons. The molecule has 1 fully saturated rings. The summed E-state index contributed by atoms with van der Waals surface area (Å²) in [6.45, 7) is 3.67. The fourth-order valence-corrected chi connectivity index (χ4v) is 2.22. The summed E-state index contributed by atoms with van der Waals surface area (Å²) >= 11 is 0.934. The van der Waals surface area contributed by atoms with Gasteiger partial charge in [0, 0.05) is 26.5 Å². The highest BCUT2D eigenvalue weighted by atomic mass is 32.2. The van der Waals surface area contributed by atoms with Gasteiger partial charge in [0.05, 0.1) is 0 Å². The van der Waals surface area contributed by atoms with E-state index < -0.39 is 36.2 Å². The number of carbonyl (C=O) groups excluding carboxylic acids is 4. The van der Waals surface area contributed by atoms with E-state index in [1.807, 2.05) is 0 Å². The van der Waals surface area contributed by atoms with Crippen molar-refractivity contribution in [3.8, 4) is 0 Å². The number of rotatable bonds is 4. The summed E-state index contributed by atoms with van der Waals surface area (Å²) in [7, 11) is 0. The van der Waals surface area contributed by atoms with E-state index in [-0.39, 0.29) is 10.9 Å². The monoisotopic (exact) mass is 290 g/mol. The molecule has 8 heteroatoms. The van der Waals surface area contributed by atoms with E-state index >= 15 is 0 Å². The molecule has 1 heterocycles. The molecule has 0 radical (unpaired) electrons. The minimum atomic E-state index is -1.28. The summed E-state index contributed by atoms with van der Waals surface area (Å²) in [6, 6.07) is 0. The Hall–Kier alpha value is -1.57. The van der Waals surface area contributed by atoms with Crippen LogP contribution < -0.4 is 0 Å². The van der Waals surface area contributed by atoms with Crippen molar-refractivity contribution in [1.82, 2.24) is 0 Å². The molecule has 3 atom stereocenters. The molecule has 0 spiro atoms. The quantitative estimate of drug-likeness (QED) is 0.529. The highest BCUT2D eigenvalue weighted by Crippen LogP contribution is 2.25. The second-order valence-electron chi connectivity index (χ2n) is 3.88. The van der Waals surface area contributed by atoms with E-state index in [9.17, 15) is 19.2 Å². The first-order valence-electron chi connectivity index (χ1n) is 5.49. The van der Waals surface area contributed by atoms with Crippen LogP contribution in [0.5, 0.6) is 0 Å². The molecule has 19 heavy (non-hydrogen) atoms. The van der Waals surface area contributed by atoms with E-state index in [0.717, 1.165) is 18.7 Å². The Balaban J connectivity index is 2.79. The third-order valence-corrected chi connectivity index (χ3v) is 3.11. The smallest absolute Gasteiger partial charge is 0.352 e. The fourth-order valence-electron chi connectivity index (χ4n) is 1.56. The Kier molecular flexibility index (Phi) is 5.34. The third kappa shape index (κ3) is 4.55. The molecular weight excluding hydrogens is 276 g/mol. The molecule has 0 saturated carbocycles. The Morgan fingerprint density at radius 2 is 1.74 bits per heavy atom. The average Bonchev–Trinajstić information content (AvgIpc) is 2.53. The second kappa shape index (κ2) is 6.55. The van der Waals surface area contributed by atoms with Gasteiger partial charge in [-0.05, 0) is 0 Å². The van der Waals surface area contributed by atoms with Gasteiger partial charge in [0.2, 0.25) is 6.10 Å². The number of ether oxygens (including phenoxy) is 3. The highest BCUT2D eigenvalue weighted by molar-refractivity contribution is 8.13. The van der Waals surface area contributed by atoms with Crippen molar-refractivity contribution in [1.29, 1.82) is 0 Å². The van der Waals surface area contributed by atoms with Crippen LogP contribution in [-0.4, -0.2) is 47.1 Å². The van der Waals surface area contributed by atoms with Gasteiger partial charge >= 0.3 is 17.9 Å². The van der Waals surface area contributed by atoms with Crippen LogP contribution >= 0.6 is 11.8 Å². The topological polar surface area (TPSA) is 96.0 Å². The standard InChI is InChI=1S/C11H14O7S/c1-5(12)16-9-8(4-19-7(3)14)18-11(15)10(9)17-6(2)13/h8-10H,4H2,1-3H3/t8-,9-,10-/m1/s1. The summed E-state index contributed by atoms with van der Waals surface area (Å²) in [5.74, 6) is -1.95. The predicted molar refractivity (Wildman–Crippen MR) is 64.1 cm³/mol. The van der Waals surface area contributed by atoms with E-state index in [0.29, 0.717) is 0 Å². The summed E-state index contributed by atoms with van der Waals surface area (Å²) in [5, 5.41) is -0.159. The molecule has 7 nitrogen and oxygen atoms in total. The van der Waals surface area contributed by atoms with Crippen molar-refractivity contribution < 1.29 is 33.4 Å². The predicted octanol–water partition coefficient (Wildman–Crippen LogP) is 0.0549. The number of cyclic esters (lactones) is 1. The van der Waals surface area contributed by atoms with Gasteiger partial charge in [-0.1, -0.05) is 11.8 Å². The van der Waals surface area contributed by atoms with Gasteiger partial charge in [0.1, 0.15) is 0 Å². The van der Waals surface area contributed by atoms with Gasteiger partial charge in [-0.3, -0.25) is 14.4 Å². The van der Waals surface area contributed by atoms with Gasteiger partial charge in [-0.15, -0.1) is 0 Å². The summed E-state index contributed by atoms with van der Waals surface area (Å²) < 4.78 is 14.7. The second-order valence-corrected chi connectivity index (χ2v) is 5.08. The van der Waals surface area contributed by atoms with E-state index in [2.05, 4.69) is 0 Å². The first-order valence-corrected chi connectivity index (χ1v) is 6.48. The van der Waals surface area contributed by atoms with Crippen LogP contribution in [0.2, 0.25) is 0 Å². The summed E-state index contributed by atoms with van der Waals surface area (Å²) in [4.78, 5) is 44.4. The normalized spacial score (nSPS) is 25.6. The number of thioether (sulfide) groups is 1. The molecule has 0 amide bonds. The molecule has 1 rings (SSSR count). The van der Waals surface area contributed by atoms with Crippen LogP contribution in [0.1, 0.15) is 20.8 Å². The van der Waals surface area contributed by atoms with Gasteiger partial charge < -0.3 is 14.2 Å². The van der Waals surface area contributed by atoms with Gasteiger partial charge in [-0.25, -0.2) is 4.79 Å². The lowest BCUT2D eigenvalue weighted by Crippen LogP contribution is -2.39. The van der Waals surface area contributed by atoms with Crippen molar-refractivity contribution in [2.24, 2.45) is 0 Å². The number of hydrogen-bond donors (Lipinski definition) is 0. The SMILES string of the molecule is CC(=O)O[C@@H]1[C@@H](CSC(C)=O)OC(=O)[C@@H]1OC(C)=O. The van der Waals surface area contributed by atoms with Gasteiger partial charge in [0.15, 0.2) is 17.3 Å². The molecule has 1 aliphatic rings. The maximum atomic E-state index is 11.6. The molecule has 0 N–H and O–H groups in total. The van der Waals surface area contributed by atoms with Crippen LogP contribution in [0, 0.1) is 0 Å². The molecule has 0 aromatic heterocycles. The lowest BCUT2D eigenvalue weighted by atomic mass is 10.1. The Morgan fingerprint density at radius 3 is 2.21 bits per heavy atom. The Labute approximate surface area is 113 Å². The Morgan fingerprint density at radius 1 is 1.16 bits per heavy atom. The molecule has 1 saturated heterocycles. The van der Waals surface area contributed by atoms with Crippen molar-refractivity contribution in [2.45, 2.75) is 39.1 Å². The molecule has 1 aliphatic heterocycles. The molecule has 0 bridgehead atoms. The van der Waals surface area contributed by atoms with E-state index in [1.165, 1.54) is 13.8 Å². The zero-order chi connectivity index (χ0) is 14.6. The van der Waals surface area contributed by atoms with Crippen LogP contribution in [0.25, 0.3) is 0 Å². The highest BCUT2D eigenvalue weighted by Gasteiger charge is 2.49. The number of esters is 3. The summed E-state index contributed by atoms with van der Waals surface area (Å²) in [5.41, 5.74) is 0. The van der Waals surface area contributed by atoms with E-state index in [1.54, 1.807) is 0 Å². The molecular formula is C11H14O7S. The summed E-state index contributed by atoms with van der Waals surface area (Å²) in [6.07, 6.45) is -3.12. The number of carbonyl (C=O) groups is 4. The third-order valence-electron chi connectivity index (χ3n) is 2.21. The zero-order valence-electron chi connectivity index (χ0n) is 10.7. The van der Waals surface area contributed by atoms with E-state index in [4.69, 9.17) is 14.2 Å². The molecule has 0 aromatic carbocycles.